The largest absolute Gasteiger partial charge is 0.331 e. The molecule has 4 nitrogen and oxygen atoms in total. The Hall–Kier alpha value is -2.20. The zero-order valence-corrected chi connectivity index (χ0v) is 15.4. The number of rotatable bonds is 5. The molecular formula is C21H27N3O. The van der Waals surface area contributed by atoms with Gasteiger partial charge in [0.2, 0.25) is 0 Å². The van der Waals surface area contributed by atoms with Crippen LogP contribution < -0.4 is 0 Å². The minimum absolute atomic E-state index is 0.00125. The molecule has 1 aromatic heterocycles. The maximum Gasteiger partial charge on any atom is 0.272 e. The lowest BCUT2D eigenvalue weighted by Gasteiger charge is -2.27. The third kappa shape index (κ3) is 4.07. The molecule has 2 heterocycles. The first kappa shape index (κ1) is 17.6. The maximum atomic E-state index is 13.1. The van der Waals surface area contributed by atoms with Crippen molar-refractivity contribution in [1.29, 1.82) is 0 Å². The highest BCUT2D eigenvalue weighted by Crippen LogP contribution is 2.30. The summed E-state index contributed by atoms with van der Waals surface area (Å²) in [6.45, 7) is 5.82. The molecule has 1 aliphatic heterocycles. The summed E-state index contributed by atoms with van der Waals surface area (Å²) in [4.78, 5) is 21.7. The van der Waals surface area contributed by atoms with Crippen molar-refractivity contribution < 1.29 is 4.79 Å². The van der Waals surface area contributed by atoms with E-state index in [0.717, 1.165) is 18.5 Å². The molecule has 25 heavy (non-hydrogen) atoms. The molecule has 3 rings (SSSR count). The van der Waals surface area contributed by atoms with Crippen molar-refractivity contribution in [2.45, 2.75) is 45.3 Å². The van der Waals surface area contributed by atoms with Crippen molar-refractivity contribution in [3.63, 3.8) is 0 Å². The van der Waals surface area contributed by atoms with Gasteiger partial charge >= 0.3 is 0 Å². The first-order valence-corrected chi connectivity index (χ1v) is 9.07. The van der Waals surface area contributed by atoms with Crippen LogP contribution in [0.2, 0.25) is 0 Å². The normalized spacial score (nSPS) is 17.8. The Labute approximate surface area is 150 Å². The lowest BCUT2D eigenvalue weighted by molar-refractivity contribution is 0.0684. The van der Waals surface area contributed by atoms with Gasteiger partial charge in [-0.15, -0.1) is 0 Å². The standard InChI is InChI=1S/C21H27N3O/c1-16(2)24(15-17-8-5-4-6-9-17)21(25)19-14-18(11-12-22-19)20-10-7-13-23(20)3/h4-6,8-9,11-12,14,16,20H,7,10,13,15H2,1-3H3. The predicted octanol–water partition coefficient (Wildman–Crippen LogP) is 3.90. The van der Waals surface area contributed by atoms with Gasteiger partial charge in [-0.3, -0.25) is 14.7 Å². The van der Waals surface area contributed by atoms with E-state index in [1.54, 1.807) is 6.20 Å². The summed E-state index contributed by atoms with van der Waals surface area (Å²) >= 11 is 0. The molecule has 1 aromatic carbocycles. The monoisotopic (exact) mass is 337 g/mol. The van der Waals surface area contributed by atoms with Crippen LogP contribution in [0, 0.1) is 0 Å². The number of benzene rings is 1. The highest BCUT2D eigenvalue weighted by molar-refractivity contribution is 5.92. The molecule has 1 amide bonds. The summed E-state index contributed by atoms with van der Waals surface area (Å²) in [5.74, 6) is 0.00125. The number of carbonyl (C=O) groups is 1. The number of hydrogen-bond donors (Lipinski definition) is 0. The highest BCUT2D eigenvalue weighted by Gasteiger charge is 2.25. The van der Waals surface area contributed by atoms with Crippen LogP contribution in [0.25, 0.3) is 0 Å². The van der Waals surface area contributed by atoms with Crippen molar-refractivity contribution in [2.24, 2.45) is 0 Å². The maximum absolute atomic E-state index is 13.1. The number of pyridine rings is 1. The summed E-state index contributed by atoms with van der Waals surface area (Å²) < 4.78 is 0. The zero-order chi connectivity index (χ0) is 17.8. The van der Waals surface area contributed by atoms with E-state index in [1.165, 1.54) is 12.0 Å². The van der Waals surface area contributed by atoms with E-state index in [-0.39, 0.29) is 11.9 Å². The van der Waals surface area contributed by atoms with Crippen LogP contribution >= 0.6 is 0 Å². The van der Waals surface area contributed by atoms with Gasteiger partial charge in [-0.25, -0.2) is 0 Å². The van der Waals surface area contributed by atoms with Gasteiger partial charge in [0.05, 0.1) is 0 Å². The summed E-state index contributed by atoms with van der Waals surface area (Å²) in [5.41, 5.74) is 2.88. The second kappa shape index (κ2) is 7.79. The Balaban J connectivity index is 1.82. The number of amides is 1. The van der Waals surface area contributed by atoms with Crippen LogP contribution in [-0.4, -0.2) is 40.3 Å². The fraction of sp³-hybridized carbons (Fsp3) is 0.429. The fourth-order valence-corrected chi connectivity index (χ4v) is 3.52. The molecule has 0 spiro atoms. The van der Waals surface area contributed by atoms with E-state index in [0.29, 0.717) is 18.3 Å². The highest BCUT2D eigenvalue weighted by atomic mass is 16.2. The van der Waals surface area contributed by atoms with Gasteiger partial charge in [0, 0.05) is 24.8 Å². The molecule has 0 N–H and O–H groups in total. The molecule has 0 bridgehead atoms. The molecule has 0 radical (unpaired) electrons. The second-order valence-corrected chi connectivity index (χ2v) is 7.13. The van der Waals surface area contributed by atoms with Crippen LogP contribution in [-0.2, 0) is 6.54 Å². The van der Waals surface area contributed by atoms with E-state index < -0.39 is 0 Å². The summed E-state index contributed by atoms with van der Waals surface area (Å²) in [7, 11) is 2.15. The van der Waals surface area contributed by atoms with Gasteiger partial charge < -0.3 is 4.90 Å². The summed E-state index contributed by atoms with van der Waals surface area (Å²) in [6, 6.07) is 14.7. The molecular weight excluding hydrogens is 310 g/mol. The Bertz CT molecular complexity index is 714. The molecule has 1 atom stereocenters. The smallest absolute Gasteiger partial charge is 0.272 e. The predicted molar refractivity (Wildman–Crippen MR) is 100 cm³/mol. The van der Waals surface area contributed by atoms with Gasteiger partial charge in [0.15, 0.2) is 0 Å². The molecule has 2 aromatic rings. The first-order valence-electron chi connectivity index (χ1n) is 9.07. The van der Waals surface area contributed by atoms with Crippen LogP contribution in [0.3, 0.4) is 0 Å². The lowest BCUT2D eigenvalue weighted by Crippen LogP contribution is -2.37. The third-order valence-electron chi connectivity index (χ3n) is 4.99. The van der Waals surface area contributed by atoms with Gasteiger partial charge in [-0.2, -0.15) is 0 Å². The molecule has 1 unspecified atom stereocenters. The minimum Gasteiger partial charge on any atom is -0.331 e. The van der Waals surface area contributed by atoms with Crippen molar-refractivity contribution in [3.05, 3.63) is 65.5 Å². The molecule has 1 fully saturated rings. The van der Waals surface area contributed by atoms with Crippen molar-refractivity contribution >= 4 is 5.91 Å². The minimum atomic E-state index is 0.00125. The number of nitrogens with zero attached hydrogens (tertiary/aromatic N) is 3. The number of carbonyl (C=O) groups excluding carboxylic acids is 1. The molecule has 0 saturated carbocycles. The molecule has 132 valence electrons. The molecule has 1 aliphatic rings. The Morgan fingerprint density at radius 1 is 1.28 bits per heavy atom. The summed E-state index contributed by atoms with van der Waals surface area (Å²) in [5, 5.41) is 0. The van der Waals surface area contributed by atoms with E-state index in [9.17, 15) is 4.79 Å². The third-order valence-corrected chi connectivity index (χ3v) is 4.99. The quantitative estimate of drug-likeness (QED) is 0.830. The van der Waals surface area contributed by atoms with E-state index in [2.05, 4.69) is 42.9 Å². The van der Waals surface area contributed by atoms with E-state index >= 15 is 0 Å². The summed E-state index contributed by atoms with van der Waals surface area (Å²) in [6.07, 6.45) is 4.13. The number of likely N-dealkylation sites (tertiary alicyclic amines) is 1. The van der Waals surface area contributed by atoms with Crippen LogP contribution in [0.5, 0.6) is 0 Å². The average Bonchev–Trinajstić information content (AvgIpc) is 3.06. The van der Waals surface area contributed by atoms with Gasteiger partial charge in [-0.05, 0) is 63.5 Å². The van der Waals surface area contributed by atoms with Gasteiger partial charge in [0.25, 0.3) is 5.91 Å². The molecule has 0 aliphatic carbocycles. The second-order valence-electron chi connectivity index (χ2n) is 7.13. The van der Waals surface area contributed by atoms with Crippen LogP contribution in [0.4, 0.5) is 0 Å². The number of hydrogen-bond acceptors (Lipinski definition) is 3. The van der Waals surface area contributed by atoms with Crippen molar-refractivity contribution in [1.82, 2.24) is 14.8 Å². The SMILES string of the molecule is CC(C)N(Cc1ccccc1)C(=O)c1cc(C2CCCN2C)ccn1. The van der Waals surface area contributed by atoms with E-state index in [1.807, 2.05) is 35.2 Å². The van der Waals surface area contributed by atoms with Gasteiger partial charge in [0.1, 0.15) is 5.69 Å². The Morgan fingerprint density at radius 3 is 2.68 bits per heavy atom. The van der Waals surface area contributed by atoms with Crippen LogP contribution in [0.15, 0.2) is 48.7 Å². The Kier molecular flexibility index (Phi) is 5.49. The van der Waals surface area contributed by atoms with E-state index in [4.69, 9.17) is 0 Å². The Morgan fingerprint density at radius 2 is 2.04 bits per heavy atom. The van der Waals surface area contributed by atoms with Gasteiger partial charge in [-0.1, -0.05) is 30.3 Å². The van der Waals surface area contributed by atoms with Crippen molar-refractivity contribution in [2.75, 3.05) is 13.6 Å². The number of aromatic nitrogens is 1. The average molecular weight is 337 g/mol. The topological polar surface area (TPSA) is 36.4 Å². The van der Waals surface area contributed by atoms with Crippen LogP contribution in [0.1, 0.15) is 54.3 Å². The first-order chi connectivity index (χ1) is 12.1. The zero-order valence-electron chi connectivity index (χ0n) is 15.4. The molecule has 4 heteroatoms. The van der Waals surface area contributed by atoms with Crippen molar-refractivity contribution in [3.8, 4) is 0 Å². The fourth-order valence-electron chi connectivity index (χ4n) is 3.52. The molecule has 1 saturated heterocycles. The lowest BCUT2D eigenvalue weighted by atomic mass is 10.0.